The highest BCUT2D eigenvalue weighted by atomic mass is 16.2. The smallest absolute Gasteiger partial charge is 0.315 e. The minimum absolute atomic E-state index is 0.0958. The highest BCUT2D eigenvalue weighted by Crippen LogP contribution is 2.15. The second kappa shape index (κ2) is 10.8. The fourth-order valence-corrected chi connectivity index (χ4v) is 3.72. The number of carbonyl (C=O) groups is 1. The van der Waals surface area contributed by atoms with Gasteiger partial charge in [-0.25, -0.2) is 14.8 Å². The van der Waals surface area contributed by atoms with Crippen LogP contribution in [0.2, 0.25) is 0 Å². The lowest BCUT2D eigenvalue weighted by atomic mass is 10.1. The number of urea groups is 1. The van der Waals surface area contributed by atoms with E-state index in [-0.39, 0.29) is 12.1 Å². The Labute approximate surface area is 173 Å². The Balaban J connectivity index is 1.51. The summed E-state index contributed by atoms with van der Waals surface area (Å²) in [5, 5.41) is 6.15. The zero-order chi connectivity index (χ0) is 20.5. The van der Waals surface area contributed by atoms with Crippen molar-refractivity contribution in [2.75, 3.05) is 31.1 Å². The zero-order valence-corrected chi connectivity index (χ0v) is 17.5. The summed E-state index contributed by atoms with van der Waals surface area (Å²) in [6, 6.07) is 10.1. The minimum Gasteiger partial charge on any atom is -0.339 e. The van der Waals surface area contributed by atoms with Gasteiger partial charge in [0.1, 0.15) is 0 Å². The quantitative estimate of drug-likeness (QED) is 0.718. The van der Waals surface area contributed by atoms with E-state index in [4.69, 9.17) is 0 Å². The lowest BCUT2D eigenvalue weighted by Gasteiger charge is -2.33. The molecule has 1 atom stereocenters. The molecule has 1 aromatic heterocycles. The van der Waals surface area contributed by atoms with Gasteiger partial charge in [0.15, 0.2) is 0 Å². The molecular formula is C22H32N6O. The maximum Gasteiger partial charge on any atom is 0.315 e. The van der Waals surface area contributed by atoms with Crippen molar-refractivity contribution in [2.24, 2.45) is 0 Å². The van der Waals surface area contributed by atoms with Gasteiger partial charge in [0.2, 0.25) is 5.95 Å². The number of rotatable bonds is 8. The number of aromatic nitrogens is 2. The van der Waals surface area contributed by atoms with E-state index in [1.165, 1.54) is 5.56 Å². The van der Waals surface area contributed by atoms with E-state index in [2.05, 4.69) is 62.4 Å². The SMILES string of the molecule is CCN(CC)Cc1ccccc1CNC(=O)N[C@@H]1CCCN(c2ncccn2)C1. The van der Waals surface area contributed by atoms with Crippen LogP contribution in [0, 0.1) is 0 Å². The third-order valence-corrected chi connectivity index (χ3v) is 5.44. The van der Waals surface area contributed by atoms with E-state index in [9.17, 15) is 4.79 Å². The summed E-state index contributed by atoms with van der Waals surface area (Å²) in [6.45, 7) is 9.46. The minimum atomic E-state index is -0.122. The second-order valence-electron chi connectivity index (χ2n) is 7.39. The topological polar surface area (TPSA) is 73.4 Å². The van der Waals surface area contributed by atoms with Crippen molar-refractivity contribution in [3.05, 3.63) is 53.9 Å². The molecule has 2 heterocycles. The van der Waals surface area contributed by atoms with Crippen molar-refractivity contribution >= 4 is 12.0 Å². The lowest BCUT2D eigenvalue weighted by molar-refractivity contribution is 0.234. The normalized spacial score (nSPS) is 16.7. The number of benzene rings is 1. The molecule has 1 aliphatic rings. The number of piperidine rings is 1. The van der Waals surface area contributed by atoms with Gasteiger partial charge in [0, 0.05) is 44.6 Å². The summed E-state index contributed by atoms with van der Waals surface area (Å²) in [5.74, 6) is 0.727. The Bertz CT molecular complexity index is 765. The van der Waals surface area contributed by atoms with E-state index in [0.29, 0.717) is 6.54 Å². The first kappa shape index (κ1) is 21.0. The average molecular weight is 397 g/mol. The van der Waals surface area contributed by atoms with E-state index >= 15 is 0 Å². The number of anilines is 1. The Morgan fingerprint density at radius 2 is 1.86 bits per heavy atom. The van der Waals surface area contributed by atoms with Crippen LogP contribution in [-0.4, -0.2) is 53.1 Å². The number of nitrogens with zero attached hydrogens (tertiary/aromatic N) is 4. The molecule has 1 fully saturated rings. The third kappa shape index (κ3) is 6.15. The fourth-order valence-electron chi connectivity index (χ4n) is 3.72. The molecule has 2 N–H and O–H groups in total. The number of carbonyl (C=O) groups excluding carboxylic acids is 1. The highest BCUT2D eigenvalue weighted by Gasteiger charge is 2.22. The summed E-state index contributed by atoms with van der Waals surface area (Å²) in [6.07, 6.45) is 5.48. The summed E-state index contributed by atoms with van der Waals surface area (Å²) in [5.41, 5.74) is 2.43. The number of nitrogens with one attached hydrogen (secondary N) is 2. The van der Waals surface area contributed by atoms with E-state index < -0.39 is 0 Å². The second-order valence-corrected chi connectivity index (χ2v) is 7.39. The van der Waals surface area contributed by atoms with Gasteiger partial charge < -0.3 is 15.5 Å². The molecule has 0 bridgehead atoms. The van der Waals surface area contributed by atoms with Crippen molar-refractivity contribution in [1.29, 1.82) is 0 Å². The molecule has 2 amide bonds. The molecule has 2 aromatic rings. The van der Waals surface area contributed by atoms with Crippen LogP contribution in [0.5, 0.6) is 0 Å². The molecule has 3 rings (SSSR count). The van der Waals surface area contributed by atoms with Crippen LogP contribution < -0.4 is 15.5 Å². The average Bonchev–Trinajstić information content (AvgIpc) is 2.77. The molecule has 1 aromatic carbocycles. The number of amides is 2. The largest absolute Gasteiger partial charge is 0.339 e. The Kier molecular flexibility index (Phi) is 7.81. The van der Waals surface area contributed by atoms with Gasteiger partial charge in [0.05, 0.1) is 0 Å². The summed E-state index contributed by atoms with van der Waals surface area (Å²) < 4.78 is 0. The van der Waals surface area contributed by atoms with Crippen LogP contribution in [0.3, 0.4) is 0 Å². The van der Waals surface area contributed by atoms with Gasteiger partial charge in [-0.3, -0.25) is 4.90 Å². The van der Waals surface area contributed by atoms with Gasteiger partial charge in [-0.1, -0.05) is 38.1 Å². The van der Waals surface area contributed by atoms with Crippen molar-refractivity contribution < 1.29 is 4.79 Å². The fraction of sp³-hybridized carbons (Fsp3) is 0.500. The lowest BCUT2D eigenvalue weighted by Crippen LogP contribution is -2.50. The maximum absolute atomic E-state index is 12.5. The van der Waals surface area contributed by atoms with E-state index in [1.807, 2.05) is 12.1 Å². The highest BCUT2D eigenvalue weighted by molar-refractivity contribution is 5.74. The summed E-state index contributed by atoms with van der Waals surface area (Å²) >= 11 is 0. The van der Waals surface area contributed by atoms with Crippen LogP contribution in [0.15, 0.2) is 42.7 Å². The predicted molar refractivity (Wildman–Crippen MR) is 116 cm³/mol. The molecular weight excluding hydrogens is 364 g/mol. The van der Waals surface area contributed by atoms with Crippen LogP contribution in [0.1, 0.15) is 37.8 Å². The Morgan fingerprint density at radius 1 is 1.14 bits per heavy atom. The van der Waals surface area contributed by atoms with E-state index in [0.717, 1.165) is 57.1 Å². The molecule has 7 heteroatoms. The van der Waals surface area contributed by atoms with Crippen molar-refractivity contribution in [3.63, 3.8) is 0 Å². The maximum atomic E-state index is 12.5. The summed E-state index contributed by atoms with van der Waals surface area (Å²) in [4.78, 5) is 25.6. The van der Waals surface area contributed by atoms with Crippen LogP contribution in [0.4, 0.5) is 10.7 Å². The van der Waals surface area contributed by atoms with Gasteiger partial charge in [-0.2, -0.15) is 0 Å². The first-order chi connectivity index (χ1) is 14.2. The van der Waals surface area contributed by atoms with Crippen molar-refractivity contribution in [3.8, 4) is 0 Å². The standard InChI is InChI=1S/C22H32N6O/c1-3-27(4-2)16-19-10-6-5-9-18(19)15-25-22(29)26-20-11-7-14-28(17-20)21-23-12-8-13-24-21/h5-6,8-10,12-13,20H,3-4,7,11,14-17H2,1-2H3,(H2,25,26,29)/t20-/m1/s1. The van der Waals surface area contributed by atoms with Crippen LogP contribution >= 0.6 is 0 Å². The van der Waals surface area contributed by atoms with Crippen LogP contribution in [0.25, 0.3) is 0 Å². The first-order valence-electron chi connectivity index (χ1n) is 10.5. The molecule has 1 saturated heterocycles. The van der Waals surface area contributed by atoms with E-state index in [1.54, 1.807) is 12.4 Å². The molecule has 0 spiro atoms. The zero-order valence-electron chi connectivity index (χ0n) is 17.5. The first-order valence-corrected chi connectivity index (χ1v) is 10.5. The number of hydrogen-bond donors (Lipinski definition) is 2. The molecule has 29 heavy (non-hydrogen) atoms. The molecule has 0 saturated carbocycles. The Hall–Kier alpha value is -2.67. The monoisotopic (exact) mass is 396 g/mol. The molecule has 1 aliphatic heterocycles. The molecule has 0 radical (unpaired) electrons. The molecule has 0 aliphatic carbocycles. The Morgan fingerprint density at radius 3 is 2.59 bits per heavy atom. The predicted octanol–water partition coefficient (Wildman–Crippen LogP) is 2.79. The van der Waals surface area contributed by atoms with Gasteiger partial charge in [-0.05, 0) is 43.1 Å². The van der Waals surface area contributed by atoms with Crippen LogP contribution in [-0.2, 0) is 13.1 Å². The summed E-state index contributed by atoms with van der Waals surface area (Å²) in [7, 11) is 0. The van der Waals surface area contributed by atoms with Gasteiger partial charge >= 0.3 is 6.03 Å². The molecule has 0 unspecified atom stereocenters. The third-order valence-electron chi connectivity index (χ3n) is 5.44. The number of hydrogen-bond acceptors (Lipinski definition) is 5. The van der Waals surface area contributed by atoms with Crippen molar-refractivity contribution in [2.45, 2.75) is 45.8 Å². The van der Waals surface area contributed by atoms with Crippen molar-refractivity contribution in [1.82, 2.24) is 25.5 Å². The van der Waals surface area contributed by atoms with Gasteiger partial charge in [-0.15, -0.1) is 0 Å². The van der Waals surface area contributed by atoms with Gasteiger partial charge in [0.25, 0.3) is 0 Å². The molecule has 156 valence electrons. The molecule has 7 nitrogen and oxygen atoms in total.